The molecule has 0 saturated carbocycles. The van der Waals surface area contributed by atoms with Crippen LogP contribution in [0.25, 0.3) is 0 Å². The van der Waals surface area contributed by atoms with Gasteiger partial charge in [-0.2, -0.15) is 21.6 Å². The average molecular weight is 284 g/mol. The van der Waals surface area contributed by atoms with Gasteiger partial charge < -0.3 is 9.80 Å². The lowest BCUT2D eigenvalue weighted by Crippen LogP contribution is -2.42. The maximum atomic E-state index is 12.2. The Kier molecular flexibility index (Phi) is 4.07. The zero-order valence-electron chi connectivity index (χ0n) is 9.17. The normalized spacial score (nSPS) is 20.3. The maximum absolute atomic E-state index is 12.2. The van der Waals surface area contributed by atoms with Crippen molar-refractivity contribution in [2.24, 2.45) is 0 Å². The molecule has 0 aromatic carbocycles. The Labute approximate surface area is 103 Å². The van der Waals surface area contributed by atoms with Gasteiger partial charge in [-0.3, -0.25) is 0 Å². The summed E-state index contributed by atoms with van der Waals surface area (Å²) < 4.78 is 62.7. The highest BCUT2D eigenvalue weighted by molar-refractivity contribution is 7.87. The Morgan fingerprint density at radius 2 is 1.94 bits per heavy atom. The van der Waals surface area contributed by atoms with Crippen LogP contribution in [0.1, 0.15) is 0 Å². The highest BCUT2D eigenvalue weighted by atomic mass is 32.2. The second kappa shape index (κ2) is 5.02. The van der Waals surface area contributed by atoms with Crippen molar-refractivity contribution in [1.29, 1.82) is 0 Å². The van der Waals surface area contributed by atoms with Crippen LogP contribution in [0.3, 0.4) is 0 Å². The van der Waals surface area contributed by atoms with E-state index in [0.717, 1.165) is 11.1 Å². The minimum Gasteiger partial charge on any atom is -0.329 e. The van der Waals surface area contributed by atoms with Gasteiger partial charge in [-0.15, -0.1) is 6.58 Å². The van der Waals surface area contributed by atoms with E-state index in [4.69, 9.17) is 0 Å². The smallest absolute Gasteiger partial charge is 0.329 e. The molecular weight excluding hydrogens is 273 g/mol. The Balaban J connectivity index is 2.92. The molecule has 0 aliphatic carbocycles. The van der Waals surface area contributed by atoms with Gasteiger partial charge in [-0.25, -0.2) is 4.18 Å². The fraction of sp³-hybridized carbons (Fsp3) is 0.333. The molecule has 9 heteroatoms. The molecule has 1 aliphatic heterocycles. The van der Waals surface area contributed by atoms with Crippen molar-refractivity contribution in [2.45, 2.75) is 11.9 Å². The minimum atomic E-state index is -5.68. The fourth-order valence-corrected chi connectivity index (χ4v) is 1.75. The van der Waals surface area contributed by atoms with E-state index in [9.17, 15) is 21.6 Å². The van der Waals surface area contributed by atoms with Gasteiger partial charge in [-0.1, -0.05) is 12.7 Å². The minimum absolute atomic E-state index is 0.124. The number of nitrogens with zero attached hydrogens (tertiary/aromatic N) is 2. The molecule has 0 amide bonds. The second-order valence-electron chi connectivity index (χ2n) is 3.24. The molecule has 0 aromatic rings. The highest BCUT2D eigenvalue weighted by Crippen LogP contribution is 2.29. The fourth-order valence-electron chi connectivity index (χ4n) is 1.21. The lowest BCUT2D eigenvalue weighted by atomic mass is 10.5. The zero-order valence-corrected chi connectivity index (χ0v) is 9.99. The highest BCUT2D eigenvalue weighted by Gasteiger charge is 2.50. The van der Waals surface area contributed by atoms with Gasteiger partial charge in [0.25, 0.3) is 0 Å². The van der Waals surface area contributed by atoms with Gasteiger partial charge in [0.1, 0.15) is 0 Å². The predicted octanol–water partition coefficient (Wildman–Crippen LogP) is 1.55. The molecule has 1 aliphatic rings. The summed E-state index contributed by atoms with van der Waals surface area (Å²) in [5.74, 6) is 0. The molecule has 0 bridgehead atoms. The third-order valence-corrected chi connectivity index (χ3v) is 3.01. The first-order valence-electron chi connectivity index (χ1n) is 4.67. The van der Waals surface area contributed by atoms with E-state index in [0.29, 0.717) is 0 Å². The van der Waals surface area contributed by atoms with Crippen LogP contribution in [-0.4, -0.2) is 36.6 Å². The van der Waals surface area contributed by atoms with Gasteiger partial charge in [0, 0.05) is 25.1 Å². The van der Waals surface area contributed by atoms with Crippen LogP contribution in [0.15, 0.2) is 37.8 Å². The number of rotatable bonds is 5. The van der Waals surface area contributed by atoms with Crippen LogP contribution in [-0.2, 0) is 14.3 Å². The number of alkyl halides is 3. The average Bonchev–Trinajstić information content (AvgIpc) is 2.59. The van der Waals surface area contributed by atoms with Crippen LogP contribution >= 0.6 is 0 Å². The monoisotopic (exact) mass is 284 g/mol. The first-order valence-corrected chi connectivity index (χ1v) is 6.08. The lowest BCUT2D eigenvalue weighted by Gasteiger charge is -2.28. The van der Waals surface area contributed by atoms with Crippen LogP contribution in [0.2, 0.25) is 0 Å². The molecule has 0 saturated heterocycles. The molecule has 5 nitrogen and oxygen atoms in total. The molecule has 1 atom stereocenters. The summed E-state index contributed by atoms with van der Waals surface area (Å²) in [5.41, 5.74) is -5.47. The molecule has 0 N–H and O–H groups in total. The zero-order chi connectivity index (χ0) is 14.0. The quantitative estimate of drug-likeness (QED) is 0.435. The number of hydrogen-bond donors (Lipinski definition) is 0. The number of hydrogen-bond acceptors (Lipinski definition) is 5. The Morgan fingerprint density at radius 3 is 2.39 bits per heavy atom. The van der Waals surface area contributed by atoms with E-state index in [2.05, 4.69) is 17.3 Å². The van der Waals surface area contributed by atoms with Gasteiger partial charge in [0.2, 0.25) is 6.35 Å². The summed E-state index contributed by atoms with van der Waals surface area (Å²) in [6.07, 6.45) is 3.81. The van der Waals surface area contributed by atoms with Crippen molar-refractivity contribution >= 4 is 10.1 Å². The van der Waals surface area contributed by atoms with Crippen molar-refractivity contribution in [3.8, 4) is 0 Å². The standard InChI is InChI=1S/C9H11F3N2O3S/c1-3-5-14-7-6-13(4-2)8(14)17-18(15,16)9(10,11)12/h3-4,6-8H,1-2,5H2. The summed E-state index contributed by atoms with van der Waals surface area (Å²) in [6.45, 7) is 6.88. The first-order chi connectivity index (χ1) is 8.23. The lowest BCUT2D eigenvalue weighted by molar-refractivity contribution is -0.0733. The maximum Gasteiger partial charge on any atom is 0.523 e. The third-order valence-electron chi connectivity index (χ3n) is 2.02. The second-order valence-corrected chi connectivity index (χ2v) is 4.80. The van der Waals surface area contributed by atoms with Gasteiger partial charge in [-0.05, 0) is 0 Å². The molecule has 18 heavy (non-hydrogen) atoms. The van der Waals surface area contributed by atoms with E-state index in [1.165, 1.54) is 23.4 Å². The van der Waals surface area contributed by atoms with Crippen molar-refractivity contribution < 1.29 is 25.8 Å². The summed E-state index contributed by atoms with van der Waals surface area (Å²) in [4.78, 5) is 2.31. The van der Waals surface area contributed by atoms with E-state index in [1.54, 1.807) is 0 Å². The molecule has 0 aromatic heterocycles. The predicted molar refractivity (Wildman–Crippen MR) is 57.9 cm³/mol. The largest absolute Gasteiger partial charge is 0.523 e. The molecule has 0 fully saturated rings. The Morgan fingerprint density at radius 1 is 1.33 bits per heavy atom. The van der Waals surface area contributed by atoms with Crippen LogP contribution in [0, 0.1) is 0 Å². The first kappa shape index (κ1) is 14.6. The molecule has 1 unspecified atom stereocenters. The van der Waals surface area contributed by atoms with Crippen LogP contribution < -0.4 is 0 Å². The Hall–Kier alpha value is -1.48. The van der Waals surface area contributed by atoms with Crippen LogP contribution in [0.4, 0.5) is 13.2 Å². The van der Waals surface area contributed by atoms with Crippen LogP contribution in [0.5, 0.6) is 0 Å². The molecule has 1 rings (SSSR count). The summed E-state index contributed by atoms with van der Waals surface area (Å²) in [5, 5.41) is 0. The van der Waals surface area contributed by atoms with E-state index in [-0.39, 0.29) is 6.54 Å². The van der Waals surface area contributed by atoms with Gasteiger partial charge in [0.15, 0.2) is 0 Å². The van der Waals surface area contributed by atoms with Gasteiger partial charge >= 0.3 is 15.6 Å². The summed E-state index contributed by atoms with van der Waals surface area (Å²) in [7, 11) is -5.68. The van der Waals surface area contributed by atoms with E-state index < -0.39 is 22.0 Å². The van der Waals surface area contributed by atoms with Gasteiger partial charge in [0.05, 0.1) is 0 Å². The summed E-state index contributed by atoms with van der Waals surface area (Å²) >= 11 is 0. The number of halogens is 3. The van der Waals surface area contributed by atoms with Crippen molar-refractivity contribution in [3.05, 3.63) is 37.8 Å². The summed E-state index contributed by atoms with van der Waals surface area (Å²) in [6, 6.07) is 0. The van der Waals surface area contributed by atoms with Crippen molar-refractivity contribution in [3.63, 3.8) is 0 Å². The Bertz CT molecular complexity index is 458. The molecule has 1 heterocycles. The SMILES string of the molecule is C=CCN1C=CN(C=C)C1OS(=O)(=O)C(F)(F)F. The van der Waals surface area contributed by atoms with Crippen molar-refractivity contribution in [1.82, 2.24) is 9.80 Å². The molecule has 102 valence electrons. The topological polar surface area (TPSA) is 49.9 Å². The van der Waals surface area contributed by atoms with E-state index in [1.807, 2.05) is 0 Å². The third kappa shape index (κ3) is 2.85. The molecule has 0 radical (unpaired) electrons. The molecule has 0 spiro atoms. The van der Waals surface area contributed by atoms with E-state index >= 15 is 0 Å². The van der Waals surface area contributed by atoms with Crippen molar-refractivity contribution in [2.75, 3.05) is 6.54 Å². The molecular formula is C9H11F3N2O3S.